The van der Waals surface area contributed by atoms with Crippen LogP contribution in [0.3, 0.4) is 0 Å². The molecular formula is C12H17N3O6S. The first kappa shape index (κ1) is 16.5. The number of aliphatic carboxylic acids is 1. The zero-order valence-electron chi connectivity index (χ0n) is 12.5. The Morgan fingerprint density at radius 1 is 1.45 bits per heavy atom. The molecule has 0 unspecified atom stereocenters. The molecule has 0 bridgehead atoms. The Labute approximate surface area is 130 Å². The number of β-lactam (4-membered cyclic amide) rings is 1. The van der Waals surface area contributed by atoms with Gasteiger partial charge in [0, 0.05) is 23.5 Å². The number of rotatable bonds is 4. The molecule has 0 aromatic heterocycles. The van der Waals surface area contributed by atoms with Crippen molar-refractivity contribution in [3.05, 3.63) is 10.1 Å². The van der Waals surface area contributed by atoms with Crippen LogP contribution in [-0.4, -0.2) is 60.5 Å². The van der Waals surface area contributed by atoms with Crippen molar-refractivity contribution in [3.8, 4) is 0 Å². The van der Waals surface area contributed by atoms with Crippen molar-refractivity contribution in [2.45, 2.75) is 55.4 Å². The van der Waals surface area contributed by atoms with E-state index in [2.05, 4.69) is 5.32 Å². The molecule has 0 saturated carbocycles. The number of hydrogen-bond donors (Lipinski definition) is 2. The molecule has 2 fully saturated rings. The topological polar surface area (TPSA) is 130 Å². The second-order valence-corrected chi connectivity index (χ2v) is 8.14. The molecular weight excluding hydrogens is 314 g/mol. The number of carbonyl (C=O) groups is 3. The van der Waals surface area contributed by atoms with Gasteiger partial charge < -0.3 is 15.3 Å². The Hall–Kier alpha value is -1.84. The molecule has 0 aromatic carbocycles. The average molecular weight is 331 g/mol. The number of nitrogens with one attached hydrogen (secondary N) is 1. The van der Waals surface area contributed by atoms with Crippen LogP contribution in [0.1, 0.15) is 27.7 Å². The number of carbonyl (C=O) groups excluding carboxylic acids is 2. The van der Waals surface area contributed by atoms with Crippen LogP contribution in [0.5, 0.6) is 0 Å². The van der Waals surface area contributed by atoms with E-state index in [-0.39, 0.29) is 0 Å². The fourth-order valence-electron chi connectivity index (χ4n) is 2.55. The van der Waals surface area contributed by atoms with Crippen LogP contribution in [0.15, 0.2) is 0 Å². The molecule has 9 nitrogen and oxygen atoms in total. The number of hydrogen-bond acceptors (Lipinski definition) is 6. The standard InChI is InChI=1S/C12H17N3O6S/c1-11(2,15(20)21)10(19)13-5-7(16)14-6(9(17)18)12(3,4)22-8(5)14/h5-6,8H,1-4H3,(H,13,19)(H,17,18)/t5-,6+,8-/m1/s1. The van der Waals surface area contributed by atoms with Gasteiger partial charge in [-0.1, -0.05) is 0 Å². The van der Waals surface area contributed by atoms with Gasteiger partial charge in [-0.3, -0.25) is 19.7 Å². The van der Waals surface area contributed by atoms with Gasteiger partial charge in [-0.15, -0.1) is 11.8 Å². The minimum Gasteiger partial charge on any atom is -0.480 e. The van der Waals surface area contributed by atoms with Crippen molar-refractivity contribution < 1.29 is 24.4 Å². The lowest BCUT2D eigenvalue weighted by Crippen LogP contribution is -2.72. The van der Waals surface area contributed by atoms with Gasteiger partial charge in [-0.25, -0.2) is 4.79 Å². The molecule has 2 aliphatic rings. The Morgan fingerprint density at radius 3 is 2.45 bits per heavy atom. The highest BCUT2D eigenvalue weighted by molar-refractivity contribution is 8.01. The highest BCUT2D eigenvalue weighted by atomic mass is 32.2. The van der Waals surface area contributed by atoms with Gasteiger partial charge in [-0.05, 0) is 13.8 Å². The van der Waals surface area contributed by atoms with E-state index in [9.17, 15) is 29.6 Å². The maximum Gasteiger partial charge on any atom is 0.327 e. The number of amides is 2. The zero-order chi connectivity index (χ0) is 17.0. The first-order chi connectivity index (χ1) is 9.91. The van der Waals surface area contributed by atoms with Gasteiger partial charge in [0.1, 0.15) is 17.5 Å². The predicted octanol–water partition coefficient (Wildman–Crippen LogP) is -0.327. The Balaban J connectivity index is 2.16. The van der Waals surface area contributed by atoms with E-state index in [4.69, 9.17) is 0 Å². The number of nitrogens with zero attached hydrogens (tertiary/aromatic N) is 2. The minimum atomic E-state index is -1.86. The summed E-state index contributed by atoms with van der Waals surface area (Å²) in [5.41, 5.74) is -1.86. The lowest BCUT2D eigenvalue weighted by atomic mass is 9.95. The maximum absolute atomic E-state index is 12.1. The summed E-state index contributed by atoms with van der Waals surface area (Å²) in [4.78, 5) is 46.8. The summed E-state index contributed by atoms with van der Waals surface area (Å²) in [7, 11) is 0. The van der Waals surface area contributed by atoms with Crippen LogP contribution in [0.25, 0.3) is 0 Å². The second-order valence-electron chi connectivity index (χ2n) is 6.37. The minimum absolute atomic E-state index is 0.518. The van der Waals surface area contributed by atoms with Crippen molar-refractivity contribution in [2.75, 3.05) is 0 Å². The van der Waals surface area contributed by atoms with Crippen LogP contribution in [0.2, 0.25) is 0 Å². The van der Waals surface area contributed by atoms with E-state index in [1.165, 1.54) is 16.7 Å². The molecule has 0 spiro atoms. The molecule has 2 amide bonds. The molecule has 10 heteroatoms. The SMILES string of the molecule is CC1(C)S[C@@H]2[C@H](NC(=O)C(C)(C)[N+](=O)[O-])C(=O)N2[C@H]1C(=O)O. The van der Waals surface area contributed by atoms with Crippen molar-refractivity contribution in [3.63, 3.8) is 0 Å². The molecule has 122 valence electrons. The van der Waals surface area contributed by atoms with E-state index < -0.39 is 50.5 Å². The zero-order valence-corrected chi connectivity index (χ0v) is 13.3. The molecule has 2 heterocycles. The Bertz CT molecular complexity index is 575. The first-order valence-electron chi connectivity index (χ1n) is 6.59. The van der Waals surface area contributed by atoms with Gasteiger partial charge in [0.05, 0.1) is 0 Å². The van der Waals surface area contributed by atoms with Gasteiger partial charge in [0.15, 0.2) is 0 Å². The average Bonchev–Trinajstić information content (AvgIpc) is 2.63. The van der Waals surface area contributed by atoms with E-state index >= 15 is 0 Å². The van der Waals surface area contributed by atoms with Crippen LogP contribution in [0, 0.1) is 10.1 Å². The molecule has 2 saturated heterocycles. The van der Waals surface area contributed by atoms with E-state index in [1.54, 1.807) is 13.8 Å². The summed E-state index contributed by atoms with van der Waals surface area (Å²) >= 11 is 1.27. The van der Waals surface area contributed by atoms with Crippen LogP contribution >= 0.6 is 11.8 Å². The molecule has 2 rings (SSSR count). The third-order valence-corrected chi connectivity index (χ3v) is 5.55. The smallest absolute Gasteiger partial charge is 0.327 e. The number of fused-ring (bicyclic) bond motifs is 1. The quantitative estimate of drug-likeness (QED) is 0.410. The molecule has 0 aliphatic carbocycles. The normalized spacial score (nSPS) is 29.5. The lowest BCUT2D eigenvalue weighted by molar-refractivity contribution is -0.543. The van der Waals surface area contributed by atoms with Gasteiger partial charge >= 0.3 is 5.97 Å². The van der Waals surface area contributed by atoms with Crippen LogP contribution in [-0.2, 0) is 14.4 Å². The Kier molecular flexibility index (Phi) is 3.63. The monoisotopic (exact) mass is 331 g/mol. The maximum atomic E-state index is 12.1. The lowest BCUT2D eigenvalue weighted by Gasteiger charge is -2.43. The summed E-state index contributed by atoms with van der Waals surface area (Å²) in [5.74, 6) is -2.50. The third-order valence-electron chi connectivity index (χ3n) is 3.97. The van der Waals surface area contributed by atoms with E-state index in [1.807, 2.05) is 0 Å². The molecule has 3 atom stereocenters. The van der Waals surface area contributed by atoms with Crippen LogP contribution in [0.4, 0.5) is 0 Å². The summed E-state index contributed by atoms with van der Waals surface area (Å²) in [6.45, 7) is 5.72. The van der Waals surface area contributed by atoms with Crippen molar-refractivity contribution in [1.82, 2.24) is 10.2 Å². The fourth-order valence-corrected chi connectivity index (χ4v) is 4.17. The summed E-state index contributed by atoms with van der Waals surface area (Å²) in [6.07, 6.45) is 0. The summed E-state index contributed by atoms with van der Waals surface area (Å²) < 4.78 is -0.704. The van der Waals surface area contributed by atoms with E-state index in [0.29, 0.717) is 0 Å². The van der Waals surface area contributed by atoms with Crippen molar-refractivity contribution in [2.24, 2.45) is 0 Å². The predicted molar refractivity (Wildman–Crippen MR) is 76.7 cm³/mol. The molecule has 2 aliphatic heterocycles. The van der Waals surface area contributed by atoms with Crippen molar-refractivity contribution in [1.29, 1.82) is 0 Å². The summed E-state index contributed by atoms with van der Waals surface area (Å²) in [6, 6.07) is -1.91. The van der Waals surface area contributed by atoms with Crippen LogP contribution < -0.4 is 5.32 Å². The number of carboxylic acid groups (broad SMARTS) is 1. The molecule has 2 N–H and O–H groups in total. The second kappa shape index (κ2) is 4.83. The van der Waals surface area contributed by atoms with Gasteiger partial charge in [0.2, 0.25) is 5.91 Å². The number of carboxylic acids is 1. The first-order valence-corrected chi connectivity index (χ1v) is 7.47. The summed E-state index contributed by atoms with van der Waals surface area (Å²) in [5, 5.41) is 22.0. The molecule has 22 heavy (non-hydrogen) atoms. The molecule has 0 aromatic rings. The van der Waals surface area contributed by atoms with Gasteiger partial charge in [-0.2, -0.15) is 0 Å². The van der Waals surface area contributed by atoms with E-state index in [0.717, 1.165) is 13.8 Å². The highest BCUT2D eigenvalue weighted by Crippen LogP contribution is 2.50. The number of nitro groups is 1. The fraction of sp³-hybridized carbons (Fsp3) is 0.750. The molecule has 0 radical (unpaired) electrons. The number of thioether (sulfide) groups is 1. The third kappa shape index (κ3) is 2.21. The Morgan fingerprint density at radius 2 is 2.00 bits per heavy atom. The van der Waals surface area contributed by atoms with Gasteiger partial charge in [0.25, 0.3) is 11.4 Å². The van der Waals surface area contributed by atoms with Crippen molar-refractivity contribution >= 4 is 29.5 Å². The highest BCUT2D eigenvalue weighted by Gasteiger charge is 2.64. The largest absolute Gasteiger partial charge is 0.480 e.